The first-order valence-corrected chi connectivity index (χ1v) is 8.85. The molecule has 3 N–H and O–H groups in total. The highest BCUT2D eigenvalue weighted by Crippen LogP contribution is 2.25. The molecule has 0 aliphatic carbocycles. The predicted octanol–water partition coefficient (Wildman–Crippen LogP) is 4.54. The number of amides is 1. The van der Waals surface area contributed by atoms with Gasteiger partial charge in [-0.15, -0.1) is 0 Å². The first kappa shape index (κ1) is 17.5. The molecule has 4 rings (SSSR count). The summed E-state index contributed by atoms with van der Waals surface area (Å²) in [5.41, 5.74) is 2.30. The fourth-order valence-electron chi connectivity index (χ4n) is 2.86. The van der Waals surface area contributed by atoms with Crippen LogP contribution in [-0.4, -0.2) is 15.9 Å². The highest BCUT2D eigenvalue weighted by molar-refractivity contribution is 5.91. The number of hydrogen-bond acceptors (Lipinski definition) is 6. The molecule has 28 heavy (non-hydrogen) atoms. The van der Waals surface area contributed by atoms with Crippen molar-refractivity contribution in [1.29, 1.82) is 0 Å². The second-order valence-electron chi connectivity index (χ2n) is 6.23. The SMILES string of the molecule is CC(=O)Nc1cccc(Nc2nc(NCc3ccco3)c3ccccc3n2)c1. The van der Waals surface area contributed by atoms with Gasteiger partial charge >= 0.3 is 0 Å². The number of anilines is 4. The van der Waals surface area contributed by atoms with Crippen LogP contribution in [0.1, 0.15) is 12.7 Å². The van der Waals surface area contributed by atoms with E-state index in [0.717, 1.165) is 22.4 Å². The standard InChI is InChI=1S/C21H19N5O2/c1-14(27)23-15-6-4-7-16(12-15)24-21-25-19-10-3-2-9-18(19)20(26-21)22-13-17-8-5-11-28-17/h2-12H,13H2,1H3,(H,23,27)(H2,22,24,25,26). The van der Waals surface area contributed by atoms with E-state index in [9.17, 15) is 4.79 Å². The van der Waals surface area contributed by atoms with Gasteiger partial charge in [0.2, 0.25) is 11.9 Å². The second kappa shape index (κ2) is 7.79. The highest BCUT2D eigenvalue weighted by Gasteiger charge is 2.09. The molecule has 140 valence electrons. The van der Waals surface area contributed by atoms with E-state index in [2.05, 4.69) is 25.9 Å². The summed E-state index contributed by atoms with van der Waals surface area (Å²) in [7, 11) is 0. The van der Waals surface area contributed by atoms with Gasteiger partial charge in [-0.2, -0.15) is 4.98 Å². The first-order valence-electron chi connectivity index (χ1n) is 8.85. The van der Waals surface area contributed by atoms with E-state index in [1.54, 1.807) is 6.26 Å². The molecule has 2 aromatic heterocycles. The van der Waals surface area contributed by atoms with Gasteiger partial charge < -0.3 is 20.4 Å². The molecule has 0 fully saturated rings. The molecule has 4 aromatic rings. The van der Waals surface area contributed by atoms with Crippen LogP contribution < -0.4 is 16.0 Å². The zero-order valence-electron chi connectivity index (χ0n) is 15.3. The van der Waals surface area contributed by atoms with Gasteiger partial charge in [-0.3, -0.25) is 4.79 Å². The van der Waals surface area contributed by atoms with Crippen molar-refractivity contribution < 1.29 is 9.21 Å². The van der Waals surface area contributed by atoms with Crippen molar-refractivity contribution in [3.05, 3.63) is 72.7 Å². The average Bonchev–Trinajstić information content (AvgIpc) is 3.19. The molecular formula is C21H19N5O2. The Kier molecular flexibility index (Phi) is 4.88. The number of hydrogen-bond donors (Lipinski definition) is 3. The Morgan fingerprint density at radius 3 is 2.68 bits per heavy atom. The lowest BCUT2D eigenvalue weighted by Gasteiger charge is -2.12. The van der Waals surface area contributed by atoms with Crippen LogP contribution in [-0.2, 0) is 11.3 Å². The van der Waals surface area contributed by atoms with E-state index in [4.69, 9.17) is 4.42 Å². The molecule has 0 spiro atoms. The number of aromatic nitrogens is 2. The zero-order chi connectivity index (χ0) is 19.3. The Morgan fingerprint density at radius 1 is 1.00 bits per heavy atom. The van der Waals surface area contributed by atoms with Crippen molar-refractivity contribution in [3.63, 3.8) is 0 Å². The van der Waals surface area contributed by atoms with Gasteiger partial charge in [0, 0.05) is 23.7 Å². The molecule has 0 aliphatic heterocycles. The smallest absolute Gasteiger partial charge is 0.229 e. The maximum atomic E-state index is 11.3. The molecule has 2 heterocycles. The summed E-state index contributed by atoms with van der Waals surface area (Å²) < 4.78 is 5.38. The van der Waals surface area contributed by atoms with E-state index in [-0.39, 0.29) is 5.91 Å². The number of fused-ring (bicyclic) bond motifs is 1. The maximum Gasteiger partial charge on any atom is 0.229 e. The van der Waals surface area contributed by atoms with Crippen LogP contribution >= 0.6 is 0 Å². The van der Waals surface area contributed by atoms with Gasteiger partial charge in [-0.05, 0) is 42.5 Å². The van der Waals surface area contributed by atoms with Crippen molar-refractivity contribution in [2.24, 2.45) is 0 Å². The summed E-state index contributed by atoms with van der Waals surface area (Å²) in [4.78, 5) is 20.5. The van der Waals surface area contributed by atoms with Crippen LogP contribution in [0.4, 0.5) is 23.1 Å². The summed E-state index contributed by atoms with van der Waals surface area (Å²) in [6.45, 7) is 2.00. The molecule has 7 heteroatoms. The molecule has 7 nitrogen and oxygen atoms in total. The third kappa shape index (κ3) is 4.09. The third-order valence-electron chi connectivity index (χ3n) is 4.05. The van der Waals surface area contributed by atoms with Gasteiger partial charge in [-0.25, -0.2) is 4.98 Å². The quantitative estimate of drug-likeness (QED) is 0.460. The molecule has 0 saturated carbocycles. The molecule has 0 saturated heterocycles. The molecule has 2 aromatic carbocycles. The monoisotopic (exact) mass is 373 g/mol. The Bertz CT molecular complexity index is 1110. The minimum atomic E-state index is -0.122. The average molecular weight is 373 g/mol. The Labute approximate surface area is 161 Å². The normalized spacial score (nSPS) is 10.6. The van der Waals surface area contributed by atoms with Crippen molar-refractivity contribution in [2.45, 2.75) is 13.5 Å². The van der Waals surface area contributed by atoms with E-state index in [1.807, 2.05) is 60.7 Å². The number of nitrogens with one attached hydrogen (secondary N) is 3. The van der Waals surface area contributed by atoms with E-state index < -0.39 is 0 Å². The lowest BCUT2D eigenvalue weighted by atomic mass is 10.2. The minimum Gasteiger partial charge on any atom is -0.467 e. The number of nitrogens with zero attached hydrogens (tertiary/aromatic N) is 2. The van der Waals surface area contributed by atoms with Crippen LogP contribution in [0.2, 0.25) is 0 Å². The number of benzene rings is 2. The van der Waals surface area contributed by atoms with Crippen LogP contribution in [0.15, 0.2) is 71.3 Å². The number of carbonyl (C=O) groups is 1. The summed E-state index contributed by atoms with van der Waals surface area (Å²) in [5, 5.41) is 10.2. The predicted molar refractivity (Wildman–Crippen MR) is 110 cm³/mol. The Hall–Kier alpha value is -3.87. The van der Waals surface area contributed by atoms with E-state index in [1.165, 1.54) is 6.92 Å². The number of para-hydroxylation sites is 1. The number of furan rings is 1. The molecule has 0 radical (unpaired) electrons. The van der Waals surface area contributed by atoms with Crippen molar-refractivity contribution >= 4 is 40.0 Å². The number of rotatable bonds is 6. The van der Waals surface area contributed by atoms with Crippen LogP contribution in [0.25, 0.3) is 10.9 Å². The topological polar surface area (TPSA) is 92.1 Å². The fourth-order valence-corrected chi connectivity index (χ4v) is 2.86. The van der Waals surface area contributed by atoms with Gasteiger partial charge in [0.1, 0.15) is 11.6 Å². The first-order chi connectivity index (χ1) is 13.7. The fraction of sp³-hybridized carbons (Fsp3) is 0.0952. The van der Waals surface area contributed by atoms with Gasteiger partial charge in [-0.1, -0.05) is 18.2 Å². The van der Waals surface area contributed by atoms with Crippen LogP contribution in [0.5, 0.6) is 0 Å². The van der Waals surface area contributed by atoms with Crippen molar-refractivity contribution in [3.8, 4) is 0 Å². The van der Waals surface area contributed by atoms with Crippen LogP contribution in [0, 0.1) is 0 Å². The maximum absolute atomic E-state index is 11.3. The molecular weight excluding hydrogens is 354 g/mol. The van der Waals surface area contributed by atoms with Gasteiger partial charge in [0.25, 0.3) is 0 Å². The largest absolute Gasteiger partial charge is 0.467 e. The Balaban J connectivity index is 1.63. The number of carbonyl (C=O) groups excluding carboxylic acids is 1. The molecule has 1 amide bonds. The van der Waals surface area contributed by atoms with E-state index >= 15 is 0 Å². The molecule has 0 bridgehead atoms. The minimum absolute atomic E-state index is 0.122. The molecule has 0 unspecified atom stereocenters. The van der Waals surface area contributed by atoms with Crippen molar-refractivity contribution in [2.75, 3.05) is 16.0 Å². The van der Waals surface area contributed by atoms with Gasteiger partial charge in [0.05, 0.1) is 18.3 Å². The van der Waals surface area contributed by atoms with E-state index in [0.29, 0.717) is 24.0 Å². The lowest BCUT2D eigenvalue weighted by Crippen LogP contribution is -2.07. The molecule has 0 aliphatic rings. The molecule has 0 atom stereocenters. The third-order valence-corrected chi connectivity index (χ3v) is 4.05. The summed E-state index contributed by atoms with van der Waals surface area (Å²) in [6.07, 6.45) is 1.64. The highest BCUT2D eigenvalue weighted by atomic mass is 16.3. The van der Waals surface area contributed by atoms with Crippen LogP contribution in [0.3, 0.4) is 0 Å². The second-order valence-corrected chi connectivity index (χ2v) is 6.23. The summed E-state index contributed by atoms with van der Waals surface area (Å²) in [5.74, 6) is 1.87. The van der Waals surface area contributed by atoms with Gasteiger partial charge in [0.15, 0.2) is 0 Å². The lowest BCUT2D eigenvalue weighted by molar-refractivity contribution is -0.114. The Morgan fingerprint density at radius 2 is 1.86 bits per heavy atom. The van der Waals surface area contributed by atoms with Crippen molar-refractivity contribution in [1.82, 2.24) is 9.97 Å². The summed E-state index contributed by atoms with van der Waals surface area (Å²) >= 11 is 0. The zero-order valence-corrected chi connectivity index (χ0v) is 15.3. The summed E-state index contributed by atoms with van der Waals surface area (Å²) in [6, 6.07) is 19.0.